The van der Waals surface area contributed by atoms with Crippen LogP contribution in [0, 0.1) is 0 Å². The van der Waals surface area contributed by atoms with Crippen molar-refractivity contribution in [3.63, 3.8) is 0 Å². The SMILES string of the molecule is COC(CNC(=O)C(CN)OC)C(=O)O. The number of carboxylic acid groups (broad SMARTS) is 1. The number of carbonyl (C=O) groups excluding carboxylic acids is 1. The molecule has 0 aromatic carbocycles. The average Bonchev–Trinajstić information content (AvgIpc) is 2.20. The van der Waals surface area contributed by atoms with Gasteiger partial charge >= 0.3 is 5.97 Å². The molecule has 4 N–H and O–H groups in total. The van der Waals surface area contributed by atoms with Gasteiger partial charge in [0.05, 0.1) is 6.54 Å². The molecule has 0 aliphatic heterocycles. The van der Waals surface area contributed by atoms with Crippen molar-refractivity contribution in [2.24, 2.45) is 5.73 Å². The van der Waals surface area contributed by atoms with E-state index in [4.69, 9.17) is 15.6 Å². The van der Waals surface area contributed by atoms with Crippen molar-refractivity contribution in [3.05, 3.63) is 0 Å². The summed E-state index contributed by atoms with van der Waals surface area (Å²) in [6, 6.07) is 0. The summed E-state index contributed by atoms with van der Waals surface area (Å²) in [5, 5.41) is 11.0. The zero-order valence-electron chi connectivity index (χ0n) is 8.73. The van der Waals surface area contributed by atoms with Gasteiger partial charge in [0.1, 0.15) is 6.10 Å². The summed E-state index contributed by atoms with van der Waals surface area (Å²) in [6.07, 6.45) is -1.83. The summed E-state index contributed by atoms with van der Waals surface area (Å²) < 4.78 is 9.39. The smallest absolute Gasteiger partial charge is 0.334 e. The lowest BCUT2D eigenvalue weighted by molar-refractivity contribution is -0.148. The van der Waals surface area contributed by atoms with E-state index in [0.29, 0.717) is 0 Å². The topological polar surface area (TPSA) is 111 Å². The Kier molecular flexibility index (Phi) is 6.59. The molecule has 0 radical (unpaired) electrons. The number of nitrogens with two attached hydrogens (primary N) is 1. The first kappa shape index (κ1) is 13.8. The molecule has 0 fully saturated rings. The molecule has 1 amide bonds. The van der Waals surface area contributed by atoms with Crippen molar-refractivity contribution >= 4 is 11.9 Å². The minimum atomic E-state index is -1.14. The Hall–Kier alpha value is -1.18. The zero-order chi connectivity index (χ0) is 11.8. The van der Waals surface area contributed by atoms with Gasteiger partial charge in [-0.3, -0.25) is 4.79 Å². The quantitative estimate of drug-likeness (QED) is 0.465. The minimum Gasteiger partial charge on any atom is -0.479 e. The molecule has 0 aromatic heterocycles. The van der Waals surface area contributed by atoms with Crippen molar-refractivity contribution in [2.75, 3.05) is 27.3 Å². The van der Waals surface area contributed by atoms with Crippen molar-refractivity contribution < 1.29 is 24.2 Å². The number of hydrogen-bond acceptors (Lipinski definition) is 5. The van der Waals surface area contributed by atoms with Gasteiger partial charge in [-0.2, -0.15) is 0 Å². The Morgan fingerprint density at radius 1 is 1.33 bits per heavy atom. The molecule has 88 valence electrons. The highest BCUT2D eigenvalue weighted by atomic mass is 16.5. The lowest BCUT2D eigenvalue weighted by atomic mass is 10.3. The van der Waals surface area contributed by atoms with Gasteiger partial charge in [0.15, 0.2) is 6.10 Å². The van der Waals surface area contributed by atoms with E-state index in [1.165, 1.54) is 14.2 Å². The van der Waals surface area contributed by atoms with Crippen LogP contribution in [0.3, 0.4) is 0 Å². The molecule has 0 aliphatic rings. The van der Waals surface area contributed by atoms with E-state index in [2.05, 4.69) is 10.1 Å². The number of aliphatic carboxylic acids is 1. The Morgan fingerprint density at radius 2 is 1.87 bits per heavy atom. The molecule has 15 heavy (non-hydrogen) atoms. The highest BCUT2D eigenvalue weighted by Gasteiger charge is 2.20. The summed E-state index contributed by atoms with van der Waals surface area (Å²) >= 11 is 0. The Balaban J connectivity index is 4.02. The van der Waals surface area contributed by atoms with E-state index in [1.54, 1.807) is 0 Å². The molecule has 7 nitrogen and oxygen atoms in total. The third kappa shape index (κ3) is 4.73. The fourth-order valence-electron chi connectivity index (χ4n) is 0.889. The Morgan fingerprint density at radius 3 is 2.20 bits per heavy atom. The number of carbonyl (C=O) groups is 2. The van der Waals surface area contributed by atoms with Gasteiger partial charge in [-0.25, -0.2) is 4.79 Å². The molecule has 0 aliphatic carbocycles. The number of methoxy groups -OCH3 is 2. The van der Waals surface area contributed by atoms with E-state index in [9.17, 15) is 9.59 Å². The molecule has 0 rings (SSSR count). The van der Waals surface area contributed by atoms with Crippen molar-refractivity contribution in [1.82, 2.24) is 5.32 Å². The van der Waals surface area contributed by atoms with Crippen molar-refractivity contribution in [2.45, 2.75) is 12.2 Å². The normalized spacial score (nSPS) is 14.3. The molecule has 2 unspecified atom stereocenters. The van der Waals surface area contributed by atoms with Crippen LogP contribution in [0.15, 0.2) is 0 Å². The molecular formula is C8H16N2O5. The van der Waals surface area contributed by atoms with Crippen LogP contribution >= 0.6 is 0 Å². The molecule has 0 saturated carbocycles. The first-order chi connectivity index (χ1) is 7.06. The second kappa shape index (κ2) is 7.16. The van der Waals surface area contributed by atoms with E-state index in [1.807, 2.05) is 0 Å². The maximum absolute atomic E-state index is 11.3. The Labute approximate surface area is 87.5 Å². The molecule has 2 atom stereocenters. The van der Waals surface area contributed by atoms with Gasteiger partial charge in [-0.05, 0) is 0 Å². The highest BCUT2D eigenvalue weighted by Crippen LogP contribution is 1.91. The van der Waals surface area contributed by atoms with Crippen LogP contribution in [0.1, 0.15) is 0 Å². The summed E-state index contributed by atoms with van der Waals surface area (Å²) in [5.41, 5.74) is 5.25. The number of carboxylic acids is 1. The van der Waals surface area contributed by atoms with E-state index in [-0.39, 0.29) is 13.1 Å². The third-order valence-electron chi connectivity index (χ3n) is 1.81. The lowest BCUT2D eigenvalue weighted by Crippen LogP contribution is -2.45. The van der Waals surface area contributed by atoms with Gasteiger partial charge in [-0.1, -0.05) is 0 Å². The van der Waals surface area contributed by atoms with Gasteiger partial charge < -0.3 is 25.6 Å². The fourth-order valence-corrected chi connectivity index (χ4v) is 0.889. The van der Waals surface area contributed by atoms with Crippen LogP contribution in [0.2, 0.25) is 0 Å². The van der Waals surface area contributed by atoms with Gasteiger partial charge in [-0.15, -0.1) is 0 Å². The van der Waals surface area contributed by atoms with Crippen LogP contribution in [-0.4, -0.2) is 56.5 Å². The highest BCUT2D eigenvalue weighted by molar-refractivity contribution is 5.82. The second-order valence-electron chi connectivity index (χ2n) is 2.77. The predicted octanol–water partition coefficient (Wildman–Crippen LogP) is -1.82. The molecule has 0 spiro atoms. The minimum absolute atomic E-state index is 0.0348. The fraction of sp³-hybridized carbons (Fsp3) is 0.750. The van der Waals surface area contributed by atoms with Gasteiger partial charge in [0.25, 0.3) is 5.91 Å². The summed E-state index contributed by atoms with van der Waals surface area (Å²) in [7, 11) is 2.60. The number of nitrogens with one attached hydrogen (secondary N) is 1. The number of ether oxygens (including phenoxy) is 2. The second-order valence-corrected chi connectivity index (χ2v) is 2.77. The third-order valence-corrected chi connectivity index (χ3v) is 1.81. The van der Waals surface area contributed by atoms with Crippen LogP contribution in [0.4, 0.5) is 0 Å². The maximum atomic E-state index is 11.3. The first-order valence-electron chi connectivity index (χ1n) is 4.33. The summed E-state index contributed by atoms with van der Waals surface area (Å²) in [4.78, 5) is 21.8. The summed E-state index contributed by atoms with van der Waals surface area (Å²) in [5.74, 6) is -1.59. The largest absolute Gasteiger partial charge is 0.479 e. The Bertz CT molecular complexity index is 217. The van der Waals surface area contributed by atoms with Crippen LogP contribution in [0.25, 0.3) is 0 Å². The van der Waals surface area contributed by atoms with Crippen LogP contribution in [-0.2, 0) is 19.1 Å². The molecule has 0 aromatic rings. The lowest BCUT2D eigenvalue weighted by Gasteiger charge is -2.15. The average molecular weight is 220 g/mol. The monoisotopic (exact) mass is 220 g/mol. The standard InChI is InChI=1S/C8H16N2O5/c1-14-5(3-9)7(11)10-4-6(15-2)8(12)13/h5-6H,3-4,9H2,1-2H3,(H,10,11)(H,12,13). The first-order valence-corrected chi connectivity index (χ1v) is 4.33. The molecule has 7 heteroatoms. The molecule has 0 saturated heterocycles. The molecular weight excluding hydrogens is 204 g/mol. The van der Waals surface area contributed by atoms with E-state index >= 15 is 0 Å². The van der Waals surface area contributed by atoms with E-state index in [0.717, 1.165) is 0 Å². The predicted molar refractivity (Wildman–Crippen MR) is 51.3 cm³/mol. The number of amides is 1. The van der Waals surface area contributed by atoms with Gasteiger partial charge in [0.2, 0.25) is 0 Å². The van der Waals surface area contributed by atoms with Crippen LogP contribution in [0.5, 0.6) is 0 Å². The number of rotatable bonds is 7. The molecule has 0 bridgehead atoms. The van der Waals surface area contributed by atoms with Crippen molar-refractivity contribution in [1.29, 1.82) is 0 Å². The number of hydrogen-bond donors (Lipinski definition) is 3. The summed E-state index contributed by atoms with van der Waals surface area (Å²) in [6.45, 7) is -0.0857. The van der Waals surface area contributed by atoms with E-state index < -0.39 is 24.1 Å². The van der Waals surface area contributed by atoms with Crippen LogP contribution < -0.4 is 11.1 Å². The van der Waals surface area contributed by atoms with Crippen molar-refractivity contribution in [3.8, 4) is 0 Å². The maximum Gasteiger partial charge on any atom is 0.334 e. The zero-order valence-corrected chi connectivity index (χ0v) is 8.73. The molecule has 0 heterocycles. The van der Waals surface area contributed by atoms with Gasteiger partial charge in [0, 0.05) is 20.8 Å².